The molecule has 5 nitrogen and oxygen atoms in total. The van der Waals surface area contributed by atoms with Crippen LogP contribution in [0.15, 0.2) is 41.3 Å². The highest BCUT2D eigenvalue weighted by molar-refractivity contribution is 8.26. The van der Waals surface area contributed by atoms with Crippen LogP contribution in [-0.2, 0) is 9.59 Å². The number of carbonyl (C=O) groups excluding carboxylic acids is 1. The number of carbonyl (C=O) groups is 2. The monoisotopic (exact) mass is 359 g/mol. The van der Waals surface area contributed by atoms with Crippen molar-refractivity contribution >= 4 is 57.0 Å². The summed E-state index contributed by atoms with van der Waals surface area (Å²) in [6.45, 7) is -0.436. The molecule has 1 amide bonds. The van der Waals surface area contributed by atoms with Crippen LogP contribution in [0, 0.1) is 0 Å². The van der Waals surface area contributed by atoms with Gasteiger partial charge in [0.15, 0.2) is 0 Å². The van der Waals surface area contributed by atoms with Gasteiger partial charge in [-0.15, -0.1) is 0 Å². The highest BCUT2D eigenvalue weighted by Gasteiger charge is 2.33. The molecule has 1 heterocycles. The van der Waals surface area contributed by atoms with Gasteiger partial charge in [-0.2, -0.15) is 0 Å². The van der Waals surface area contributed by atoms with Gasteiger partial charge in [-0.05, 0) is 22.9 Å². The number of fused-ring (bicyclic) bond motifs is 1. The maximum atomic E-state index is 12.4. The molecule has 2 aromatic rings. The molecule has 1 aliphatic heterocycles. The topological polar surface area (TPSA) is 66.8 Å². The van der Waals surface area contributed by atoms with E-state index in [1.807, 2.05) is 36.4 Å². The predicted octanol–water partition coefficient (Wildman–Crippen LogP) is 3.13. The van der Waals surface area contributed by atoms with E-state index < -0.39 is 18.4 Å². The summed E-state index contributed by atoms with van der Waals surface area (Å²) in [5.41, 5.74) is 0.770. The molecule has 1 aliphatic rings. The van der Waals surface area contributed by atoms with E-state index in [-0.39, 0.29) is 4.32 Å². The van der Waals surface area contributed by atoms with Crippen molar-refractivity contribution in [1.82, 2.24) is 4.90 Å². The lowest BCUT2D eigenvalue weighted by Crippen LogP contribution is -2.33. The van der Waals surface area contributed by atoms with Crippen LogP contribution in [0.3, 0.4) is 0 Å². The SMILES string of the molecule is COc1ccc2ccccc2c1C=C1SC(=S)N(CC(=O)O)C1=O. The molecule has 1 saturated heterocycles. The zero-order valence-electron chi connectivity index (χ0n) is 12.7. The van der Waals surface area contributed by atoms with Crippen LogP contribution in [0.5, 0.6) is 5.75 Å². The summed E-state index contributed by atoms with van der Waals surface area (Å²) in [6.07, 6.45) is 1.71. The van der Waals surface area contributed by atoms with E-state index in [1.54, 1.807) is 13.2 Å². The second-order valence-electron chi connectivity index (χ2n) is 5.06. The third-order valence-electron chi connectivity index (χ3n) is 3.59. The number of nitrogens with zero attached hydrogens (tertiary/aromatic N) is 1. The molecule has 0 radical (unpaired) electrons. The number of benzene rings is 2. The zero-order chi connectivity index (χ0) is 17.3. The minimum Gasteiger partial charge on any atom is -0.496 e. The Labute approximate surface area is 147 Å². The summed E-state index contributed by atoms with van der Waals surface area (Å²) in [5, 5.41) is 10.9. The van der Waals surface area contributed by atoms with E-state index in [1.165, 1.54) is 0 Å². The number of carboxylic acids is 1. The first-order valence-corrected chi connectivity index (χ1v) is 8.26. The largest absolute Gasteiger partial charge is 0.496 e. The molecule has 0 aliphatic carbocycles. The van der Waals surface area contributed by atoms with Gasteiger partial charge in [0.25, 0.3) is 5.91 Å². The van der Waals surface area contributed by atoms with E-state index in [0.717, 1.165) is 33.0 Å². The third-order valence-corrected chi connectivity index (χ3v) is 4.97. The summed E-state index contributed by atoms with van der Waals surface area (Å²) in [6, 6.07) is 11.6. The van der Waals surface area contributed by atoms with Gasteiger partial charge in [-0.1, -0.05) is 54.3 Å². The van der Waals surface area contributed by atoms with Crippen molar-refractivity contribution in [3.05, 3.63) is 46.9 Å². The smallest absolute Gasteiger partial charge is 0.323 e. The van der Waals surface area contributed by atoms with Crippen LogP contribution >= 0.6 is 24.0 Å². The normalized spacial score (nSPS) is 16.2. The van der Waals surface area contributed by atoms with Crippen molar-refractivity contribution in [2.24, 2.45) is 0 Å². The maximum Gasteiger partial charge on any atom is 0.323 e. The van der Waals surface area contributed by atoms with Crippen LogP contribution < -0.4 is 4.74 Å². The van der Waals surface area contributed by atoms with Crippen molar-refractivity contribution in [1.29, 1.82) is 0 Å². The summed E-state index contributed by atoms with van der Waals surface area (Å²) in [7, 11) is 1.57. The Morgan fingerprint density at radius 1 is 1.33 bits per heavy atom. The average Bonchev–Trinajstić information content (AvgIpc) is 2.82. The second-order valence-corrected chi connectivity index (χ2v) is 6.74. The number of hydrogen-bond acceptors (Lipinski definition) is 5. The van der Waals surface area contributed by atoms with Crippen molar-refractivity contribution < 1.29 is 19.4 Å². The molecule has 0 aromatic heterocycles. The molecular weight excluding hydrogens is 346 g/mol. The molecule has 7 heteroatoms. The molecule has 1 N–H and O–H groups in total. The standard InChI is InChI=1S/C17H13NO4S2/c1-22-13-7-6-10-4-2-3-5-11(10)12(13)8-14-16(21)18(9-15(19)20)17(23)24-14/h2-8H,9H2,1H3,(H,19,20). The van der Waals surface area contributed by atoms with E-state index in [9.17, 15) is 9.59 Å². The Balaban J connectivity index is 2.09. The molecule has 2 aromatic carbocycles. The minimum absolute atomic E-state index is 0.243. The van der Waals surface area contributed by atoms with Crippen molar-refractivity contribution in [3.63, 3.8) is 0 Å². The third kappa shape index (κ3) is 3.00. The van der Waals surface area contributed by atoms with Crippen LogP contribution in [0.1, 0.15) is 5.56 Å². The Morgan fingerprint density at radius 3 is 2.79 bits per heavy atom. The molecule has 0 unspecified atom stereocenters. The van der Waals surface area contributed by atoms with Gasteiger partial charge >= 0.3 is 5.97 Å². The van der Waals surface area contributed by atoms with Gasteiger partial charge in [0.2, 0.25) is 0 Å². The lowest BCUT2D eigenvalue weighted by molar-refractivity contribution is -0.140. The lowest BCUT2D eigenvalue weighted by atomic mass is 10.0. The number of aliphatic carboxylic acids is 1. The van der Waals surface area contributed by atoms with Crippen molar-refractivity contribution in [2.75, 3.05) is 13.7 Å². The quantitative estimate of drug-likeness (QED) is 0.668. The first-order valence-electron chi connectivity index (χ1n) is 7.04. The zero-order valence-corrected chi connectivity index (χ0v) is 14.3. The molecule has 0 saturated carbocycles. The second kappa shape index (κ2) is 6.62. The Hall–Kier alpha value is -2.38. The van der Waals surface area contributed by atoms with E-state index in [4.69, 9.17) is 22.1 Å². The first kappa shape index (κ1) is 16.5. The number of thiocarbonyl (C=S) groups is 1. The Bertz CT molecular complexity index is 891. The number of ether oxygens (including phenoxy) is 1. The fourth-order valence-corrected chi connectivity index (χ4v) is 3.74. The Kier molecular flexibility index (Phi) is 4.55. The summed E-state index contributed by atoms with van der Waals surface area (Å²) >= 11 is 6.22. The van der Waals surface area contributed by atoms with Crippen molar-refractivity contribution in [3.8, 4) is 5.75 Å². The van der Waals surface area contributed by atoms with Crippen LogP contribution in [0.2, 0.25) is 0 Å². The highest BCUT2D eigenvalue weighted by atomic mass is 32.2. The van der Waals surface area contributed by atoms with Gasteiger partial charge in [0.05, 0.1) is 12.0 Å². The van der Waals surface area contributed by atoms with Gasteiger partial charge < -0.3 is 9.84 Å². The lowest BCUT2D eigenvalue weighted by Gasteiger charge is -2.11. The Morgan fingerprint density at radius 2 is 2.08 bits per heavy atom. The fraction of sp³-hybridized carbons (Fsp3) is 0.118. The van der Waals surface area contributed by atoms with Crippen LogP contribution in [0.4, 0.5) is 0 Å². The van der Waals surface area contributed by atoms with Crippen LogP contribution in [0.25, 0.3) is 16.8 Å². The number of rotatable bonds is 4. The van der Waals surface area contributed by atoms with Gasteiger partial charge in [0, 0.05) is 5.56 Å². The fourth-order valence-electron chi connectivity index (χ4n) is 2.51. The van der Waals surface area contributed by atoms with E-state index in [2.05, 4.69) is 0 Å². The molecule has 24 heavy (non-hydrogen) atoms. The number of amides is 1. The van der Waals surface area contributed by atoms with Gasteiger partial charge in [-0.3, -0.25) is 14.5 Å². The molecule has 1 fully saturated rings. The summed E-state index contributed by atoms with van der Waals surface area (Å²) in [5.74, 6) is -0.866. The molecular formula is C17H13NO4S2. The first-order chi connectivity index (χ1) is 11.5. The van der Waals surface area contributed by atoms with Gasteiger partial charge in [0.1, 0.15) is 16.6 Å². The molecule has 3 rings (SSSR count). The summed E-state index contributed by atoms with van der Waals surface area (Å²) in [4.78, 5) is 24.8. The number of thioether (sulfide) groups is 1. The molecule has 0 atom stereocenters. The molecule has 122 valence electrons. The average molecular weight is 359 g/mol. The predicted molar refractivity (Wildman–Crippen MR) is 98.0 cm³/mol. The van der Waals surface area contributed by atoms with E-state index >= 15 is 0 Å². The molecule has 0 spiro atoms. The number of carboxylic acid groups (broad SMARTS) is 1. The minimum atomic E-state index is -1.10. The van der Waals surface area contributed by atoms with E-state index in [0.29, 0.717) is 10.7 Å². The number of hydrogen-bond donors (Lipinski definition) is 1. The molecule has 0 bridgehead atoms. The highest BCUT2D eigenvalue weighted by Crippen LogP contribution is 2.36. The number of methoxy groups -OCH3 is 1. The maximum absolute atomic E-state index is 12.4. The summed E-state index contributed by atoms with van der Waals surface area (Å²) < 4.78 is 5.65. The van der Waals surface area contributed by atoms with Crippen molar-refractivity contribution in [2.45, 2.75) is 0 Å². The van der Waals surface area contributed by atoms with Gasteiger partial charge in [-0.25, -0.2) is 0 Å². The van der Waals surface area contributed by atoms with Crippen LogP contribution in [-0.4, -0.2) is 39.9 Å².